The third-order valence-corrected chi connectivity index (χ3v) is 5.99. The molecule has 2 amide bonds. The van der Waals surface area contributed by atoms with Crippen molar-refractivity contribution in [2.45, 2.75) is 18.3 Å². The quantitative estimate of drug-likeness (QED) is 0.285. The standard InChI is InChI=1S/C15H14Cl2N6O5S2/c1-2-28-21-7(10-20-15(18)30-22-10)11(24)19-8-12(25)23-9(14(26)27)5(3-6(16)17)4-29-13(8)23/h3,8,13H,2,4H2,1H3,(H,19,24)(H,26,27)(H2,18,20,22)/b21-7-/t8?,13-/m1/s1. The van der Waals surface area contributed by atoms with Crippen molar-refractivity contribution in [3.05, 3.63) is 27.7 Å². The first kappa shape index (κ1) is 22.3. The number of hydrogen-bond acceptors (Lipinski definition) is 10. The summed E-state index contributed by atoms with van der Waals surface area (Å²) in [6.07, 6.45) is 1.28. The number of amides is 2. The molecule has 0 radical (unpaired) electrons. The lowest BCUT2D eigenvalue weighted by Gasteiger charge is -2.49. The van der Waals surface area contributed by atoms with E-state index in [-0.39, 0.29) is 39.2 Å². The van der Waals surface area contributed by atoms with Gasteiger partial charge in [0, 0.05) is 17.3 Å². The summed E-state index contributed by atoms with van der Waals surface area (Å²) >= 11 is 13.4. The van der Waals surface area contributed by atoms with Crippen molar-refractivity contribution in [2.24, 2.45) is 5.16 Å². The van der Waals surface area contributed by atoms with Gasteiger partial charge in [-0.3, -0.25) is 14.5 Å². The Morgan fingerprint density at radius 3 is 2.80 bits per heavy atom. The van der Waals surface area contributed by atoms with Crippen LogP contribution in [0.2, 0.25) is 0 Å². The average molecular weight is 493 g/mol. The highest BCUT2D eigenvalue weighted by Gasteiger charge is 2.54. The Kier molecular flexibility index (Phi) is 6.85. The molecule has 1 fully saturated rings. The SMILES string of the molecule is CCO/N=C(\C(=O)NC1C(=O)N2C(C(=O)O)=C(C=C(Cl)Cl)CS[C@H]12)c1nsc(N)n1. The minimum absolute atomic E-state index is 0.0429. The Hall–Kier alpha value is -2.35. The summed E-state index contributed by atoms with van der Waals surface area (Å²) in [5, 5.41) is 15.3. The summed E-state index contributed by atoms with van der Waals surface area (Å²) in [7, 11) is 0. The van der Waals surface area contributed by atoms with Crippen LogP contribution < -0.4 is 11.1 Å². The van der Waals surface area contributed by atoms with Crippen molar-refractivity contribution in [1.29, 1.82) is 0 Å². The highest BCUT2D eigenvalue weighted by Crippen LogP contribution is 2.41. The fourth-order valence-corrected chi connectivity index (χ4v) is 4.74. The van der Waals surface area contributed by atoms with E-state index in [1.165, 1.54) is 17.8 Å². The molecule has 1 aromatic heterocycles. The van der Waals surface area contributed by atoms with Crippen molar-refractivity contribution < 1.29 is 24.3 Å². The molecule has 0 saturated carbocycles. The van der Waals surface area contributed by atoms with Crippen molar-refractivity contribution in [3.63, 3.8) is 0 Å². The first-order chi connectivity index (χ1) is 14.2. The van der Waals surface area contributed by atoms with Crippen LogP contribution in [-0.2, 0) is 19.2 Å². The van der Waals surface area contributed by atoms with Gasteiger partial charge >= 0.3 is 5.97 Å². The third-order valence-electron chi connectivity index (χ3n) is 3.92. The molecule has 1 saturated heterocycles. The van der Waals surface area contributed by atoms with Crippen molar-refractivity contribution in [2.75, 3.05) is 18.1 Å². The van der Waals surface area contributed by atoms with Crippen LogP contribution in [0, 0.1) is 0 Å². The zero-order chi connectivity index (χ0) is 22.0. The number of rotatable bonds is 7. The van der Waals surface area contributed by atoms with Gasteiger partial charge in [-0.1, -0.05) is 28.4 Å². The minimum atomic E-state index is -1.31. The van der Waals surface area contributed by atoms with E-state index in [0.29, 0.717) is 5.57 Å². The van der Waals surface area contributed by atoms with Crippen LogP contribution in [0.3, 0.4) is 0 Å². The van der Waals surface area contributed by atoms with Gasteiger partial charge in [0.25, 0.3) is 11.8 Å². The highest BCUT2D eigenvalue weighted by molar-refractivity contribution is 8.00. The second-order valence-corrected chi connectivity index (χ2v) is 8.68. The summed E-state index contributed by atoms with van der Waals surface area (Å²) in [5.74, 6) is -2.47. The second-order valence-electron chi connectivity index (χ2n) is 5.79. The van der Waals surface area contributed by atoms with E-state index in [0.717, 1.165) is 16.4 Å². The number of β-lactam (4-membered cyclic amide) rings is 1. The summed E-state index contributed by atoms with van der Waals surface area (Å²) < 4.78 is 3.80. The largest absolute Gasteiger partial charge is 0.477 e. The van der Waals surface area contributed by atoms with Gasteiger partial charge in [0.15, 0.2) is 5.13 Å². The molecule has 0 aromatic carbocycles. The Morgan fingerprint density at radius 2 is 2.23 bits per heavy atom. The Balaban J connectivity index is 1.82. The maximum atomic E-state index is 12.7. The van der Waals surface area contributed by atoms with Gasteiger partial charge in [-0.25, -0.2) is 4.79 Å². The van der Waals surface area contributed by atoms with E-state index >= 15 is 0 Å². The molecule has 160 valence electrons. The topological polar surface area (TPSA) is 160 Å². The van der Waals surface area contributed by atoms with Crippen LogP contribution in [-0.4, -0.2) is 66.6 Å². The van der Waals surface area contributed by atoms with Crippen LogP contribution in [0.15, 0.2) is 27.0 Å². The maximum absolute atomic E-state index is 12.7. The van der Waals surface area contributed by atoms with E-state index in [1.807, 2.05) is 0 Å². The van der Waals surface area contributed by atoms with Crippen molar-refractivity contribution in [3.8, 4) is 0 Å². The molecule has 11 nitrogen and oxygen atoms in total. The van der Waals surface area contributed by atoms with Gasteiger partial charge in [-0.2, -0.15) is 9.36 Å². The van der Waals surface area contributed by atoms with E-state index in [9.17, 15) is 19.5 Å². The Labute approximate surface area is 188 Å². The number of thioether (sulfide) groups is 1. The number of oxime groups is 1. The molecule has 30 heavy (non-hydrogen) atoms. The molecule has 2 aliphatic rings. The van der Waals surface area contributed by atoms with Gasteiger partial charge in [-0.15, -0.1) is 11.8 Å². The molecular formula is C15H14Cl2N6O5S2. The van der Waals surface area contributed by atoms with Gasteiger partial charge < -0.3 is 21.0 Å². The normalized spacial score (nSPS) is 21.0. The summed E-state index contributed by atoms with van der Waals surface area (Å²) in [6, 6.07) is -0.975. The minimum Gasteiger partial charge on any atom is -0.477 e. The molecule has 3 heterocycles. The number of halogens is 2. The number of nitrogens with zero attached hydrogens (tertiary/aromatic N) is 4. The molecule has 0 bridgehead atoms. The maximum Gasteiger partial charge on any atom is 0.352 e. The lowest BCUT2D eigenvalue weighted by molar-refractivity contribution is -0.150. The van der Waals surface area contributed by atoms with Crippen LogP contribution in [0.25, 0.3) is 0 Å². The number of carbonyl (C=O) groups excluding carboxylic acids is 2. The number of aliphatic carboxylic acids is 1. The van der Waals surface area contributed by atoms with Crippen LogP contribution >= 0.6 is 46.5 Å². The molecule has 2 atom stereocenters. The summed E-state index contributed by atoms with van der Waals surface area (Å²) in [6.45, 7) is 1.87. The zero-order valence-electron chi connectivity index (χ0n) is 15.2. The van der Waals surface area contributed by atoms with Gasteiger partial charge in [0.2, 0.25) is 11.5 Å². The van der Waals surface area contributed by atoms with Crippen molar-refractivity contribution >= 4 is 75.1 Å². The van der Waals surface area contributed by atoms with E-state index in [4.69, 9.17) is 33.8 Å². The average Bonchev–Trinajstić information content (AvgIpc) is 3.11. The zero-order valence-corrected chi connectivity index (χ0v) is 18.3. The molecule has 2 aliphatic heterocycles. The lowest BCUT2D eigenvalue weighted by atomic mass is 10.0. The number of carboxylic acids is 1. The number of nitrogens with one attached hydrogen (secondary N) is 1. The number of anilines is 1. The smallest absolute Gasteiger partial charge is 0.352 e. The van der Waals surface area contributed by atoms with E-state index < -0.39 is 29.2 Å². The number of carbonyl (C=O) groups is 3. The van der Waals surface area contributed by atoms with E-state index in [1.54, 1.807) is 6.92 Å². The molecule has 0 spiro atoms. The predicted octanol–water partition coefficient (Wildman–Crippen LogP) is 0.919. The number of aromatic nitrogens is 2. The van der Waals surface area contributed by atoms with Gasteiger partial charge in [-0.05, 0) is 18.6 Å². The number of carboxylic acid groups (broad SMARTS) is 1. The van der Waals surface area contributed by atoms with E-state index in [2.05, 4.69) is 19.8 Å². The first-order valence-corrected chi connectivity index (χ1v) is 10.9. The number of nitrogens with two attached hydrogens (primary N) is 1. The van der Waals surface area contributed by atoms with Crippen LogP contribution in [0.1, 0.15) is 12.7 Å². The van der Waals surface area contributed by atoms with Crippen molar-refractivity contribution in [1.82, 2.24) is 19.6 Å². The summed E-state index contributed by atoms with van der Waals surface area (Å²) in [4.78, 5) is 47.0. The fourth-order valence-electron chi connectivity index (χ4n) is 2.74. The Morgan fingerprint density at radius 1 is 1.50 bits per heavy atom. The summed E-state index contributed by atoms with van der Waals surface area (Å²) in [5.41, 5.74) is 5.37. The molecule has 1 unspecified atom stereocenters. The number of nitrogen functional groups attached to an aromatic ring is 1. The van der Waals surface area contributed by atoms with Gasteiger partial charge in [0.05, 0.1) is 0 Å². The second kappa shape index (κ2) is 9.20. The molecule has 15 heteroatoms. The molecule has 3 rings (SSSR count). The Bertz CT molecular complexity index is 990. The molecule has 4 N–H and O–H groups in total. The van der Waals surface area contributed by atoms with Gasteiger partial charge in [0.1, 0.15) is 28.2 Å². The first-order valence-electron chi connectivity index (χ1n) is 8.28. The number of allylic oxidation sites excluding steroid dienone is 1. The fraction of sp³-hybridized carbons (Fsp3) is 0.333. The monoisotopic (exact) mass is 492 g/mol. The number of hydrogen-bond donors (Lipinski definition) is 3. The number of fused-ring (bicyclic) bond motifs is 1. The third kappa shape index (κ3) is 4.38. The molecule has 0 aliphatic carbocycles. The molecule has 1 aromatic rings. The van der Waals surface area contributed by atoms with Crippen LogP contribution in [0.4, 0.5) is 5.13 Å². The molecular weight excluding hydrogens is 479 g/mol. The van der Waals surface area contributed by atoms with Crippen LogP contribution in [0.5, 0.6) is 0 Å². The predicted molar refractivity (Wildman–Crippen MR) is 112 cm³/mol. The lowest BCUT2D eigenvalue weighted by Crippen LogP contribution is -2.71. The highest BCUT2D eigenvalue weighted by atomic mass is 35.5.